The third-order valence-corrected chi connectivity index (χ3v) is 2.93. The van der Waals surface area contributed by atoms with Crippen molar-refractivity contribution in [3.63, 3.8) is 0 Å². The van der Waals surface area contributed by atoms with Crippen LogP contribution in [0.1, 0.15) is 17.4 Å². The Morgan fingerprint density at radius 2 is 2.38 bits per heavy atom. The first-order chi connectivity index (χ1) is 7.63. The van der Waals surface area contributed by atoms with Crippen molar-refractivity contribution >= 4 is 39.1 Å². The van der Waals surface area contributed by atoms with Crippen molar-refractivity contribution in [1.82, 2.24) is 9.38 Å². The predicted molar refractivity (Wildman–Crippen MR) is 63.9 cm³/mol. The van der Waals surface area contributed by atoms with Gasteiger partial charge in [0.05, 0.1) is 11.1 Å². The van der Waals surface area contributed by atoms with Crippen molar-refractivity contribution in [2.24, 2.45) is 0 Å². The van der Waals surface area contributed by atoms with E-state index in [0.29, 0.717) is 17.4 Å². The SMILES string of the molecule is CCOC(=O)c1cn2c(Cl)ccc(Br)c2n1. The second kappa shape index (κ2) is 4.43. The van der Waals surface area contributed by atoms with Gasteiger partial charge in [-0.15, -0.1) is 0 Å². The van der Waals surface area contributed by atoms with Gasteiger partial charge in [0.15, 0.2) is 11.3 Å². The number of ether oxygens (including phenoxy) is 1. The summed E-state index contributed by atoms with van der Waals surface area (Å²) < 4.78 is 7.26. The van der Waals surface area contributed by atoms with Crippen LogP contribution >= 0.6 is 27.5 Å². The summed E-state index contributed by atoms with van der Waals surface area (Å²) in [6, 6.07) is 3.49. The van der Waals surface area contributed by atoms with Gasteiger partial charge in [-0.05, 0) is 35.0 Å². The van der Waals surface area contributed by atoms with Gasteiger partial charge in [-0.3, -0.25) is 4.40 Å². The summed E-state index contributed by atoms with van der Waals surface area (Å²) >= 11 is 9.31. The van der Waals surface area contributed by atoms with Crippen LogP contribution in [0.5, 0.6) is 0 Å². The highest BCUT2D eigenvalue weighted by Gasteiger charge is 2.14. The molecule has 0 spiro atoms. The zero-order chi connectivity index (χ0) is 11.7. The number of carbonyl (C=O) groups is 1. The van der Waals surface area contributed by atoms with Gasteiger partial charge in [-0.25, -0.2) is 9.78 Å². The van der Waals surface area contributed by atoms with Crippen LogP contribution in [0.25, 0.3) is 5.65 Å². The van der Waals surface area contributed by atoms with E-state index in [9.17, 15) is 4.79 Å². The van der Waals surface area contributed by atoms with E-state index in [0.717, 1.165) is 4.47 Å². The molecule has 0 bridgehead atoms. The predicted octanol–water partition coefficient (Wildman–Crippen LogP) is 2.93. The molecular weight excluding hydrogens is 295 g/mol. The number of imidazole rings is 1. The zero-order valence-corrected chi connectivity index (χ0v) is 10.7. The van der Waals surface area contributed by atoms with Crippen LogP contribution in [0.4, 0.5) is 0 Å². The first kappa shape index (κ1) is 11.4. The smallest absolute Gasteiger partial charge is 0.358 e. The van der Waals surface area contributed by atoms with Crippen LogP contribution in [0, 0.1) is 0 Å². The molecule has 0 aliphatic rings. The molecule has 0 atom stereocenters. The van der Waals surface area contributed by atoms with Gasteiger partial charge >= 0.3 is 5.97 Å². The summed E-state index contributed by atoms with van der Waals surface area (Å²) in [5.41, 5.74) is 0.839. The average molecular weight is 304 g/mol. The van der Waals surface area contributed by atoms with Crippen molar-refractivity contribution < 1.29 is 9.53 Å². The van der Waals surface area contributed by atoms with Crippen LogP contribution in [-0.2, 0) is 4.74 Å². The zero-order valence-electron chi connectivity index (χ0n) is 8.41. The maximum absolute atomic E-state index is 11.5. The van der Waals surface area contributed by atoms with Crippen LogP contribution in [0.2, 0.25) is 5.15 Å². The number of nitrogens with zero attached hydrogens (tertiary/aromatic N) is 2. The molecule has 0 aliphatic carbocycles. The highest BCUT2D eigenvalue weighted by atomic mass is 79.9. The number of pyridine rings is 1. The van der Waals surface area contributed by atoms with Gasteiger partial charge in [0, 0.05) is 6.20 Å². The van der Waals surface area contributed by atoms with Gasteiger partial charge < -0.3 is 4.74 Å². The molecule has 2 rings (SSSR count). The van der Waals surface area contributed by atoms with Crippen molar-refractivity contribution in [3.05, 3.63) is 33.6 Å². The fourth-order valence-electron chi connectivity index (χ4n) is 1.31. The van der Waals surface area contributed by atoms with E-state index in [4.69, 9.17) is 16.3 Å². The summed E-state index contributed by atoms with van der Waals surface area (Å²) in [7, 11) is 0. The Balaban J connectivity index is 2.55. The standard InChI is InChI=1S/C10H8BrClN2O2/c1-2-16-10(15)7-5-14-8(12)4-3-6(11)9(14)13-7/h3-5H,2H2,1H3. The monoisotopic (exact) mass is 302 g/mol. The lowest BCUT2D eigenvalue weighted by Crippen LogP contribution is -2.04. The molecule has 2 heterocycles. The maximum Gasteiger partial charge on any atom is 0.358 e. The van der Waals surface area contributed by atoms with Crippen molar-refractivity contribution in [1.29, 1.82) is 0 Å². The largest absolute Gasteiger partial charge is 0.461 e. The number of fused-ring (bicyclic) bond motifs is 1. The summed E-state index contributed by atoms with van der Waals surface area (Å²) in [5.74, 6) is -0.450. The molecule has 0 aromatic carbocycles. The number of carbonyl (C=O) groups excluding carboxylic acids is 1. The van der Waals surface area contributed by atoms with Gasteiger partial charge in [-0.2, -0.15) is 0 Å². The van der Waals surface area contributed by atoms with Crippen molar-refractivity contribution in [2.75, 3.05) is 6.61 Å². The Morgan fingerprint density at radius 3 is 3.00 bits per heavy atom. The topological polar surface area (TPSA) is 43.6 Å². The van der Waals surface area contributed by atoms with E-state index in [1.54, 1.807) is 29.7 Å². The number of hydrogen-bond donors (Lipinski definition) is 0. The van der Waals surface area contributed by atoms with E-state index in [-0.39, 0.29) is 5.69 Å². The molecule has 2 aromatic rings. The molecular formula is C10H8BrClN2O2. The minimum absolute atomic E-state index is 0.246. The van der Waals surface area contributed by atoms with Crippen LogP contribution in [-0.4, -0.2) is 22.0 Å². The summed E-state index contributed by atoms with van der Waals surface area (Å²) in [4.78, 5) is 15.6. The molecule has 2 aromatic heterocycles. The Bertz CT molecular complexity index is 514. The molecule has 84 valence electrons. The third kappa shape index (κ3) is 1.92. The number of hydrogen-bond acceptors (Lipinski definition) is 3. The molecule has 0 radical (unpaired) electrons. The van der Waals surface area contributed by atoms with E-state index < -0.39 is 5.97 Å². The van der Waals surface area contributed by atoms with E-state index >= 15 is 0 Å². The average Bonchev–Trinajstić information content (AvgIpc) is 2.70. The van der Waals surface area contributed by atoms with E-state index in [1.807, 2.05) is 0 Å². The first-order valence-electron chi connectivity index (χ1n) is 4.63. The number of rotatable bonds is 2. The van der Waals surface area contributed by atoms with Crippen LogP contribution in [0.3, 0.4) is 0 Å². The summed E-state index contributed by atoms with van der Waals surface area (Å²) in [5, 5.41) is 0.487. The molecule has 4 nitrogen and oxygen atoms in total. The minimum atomic E-state index is -0.450. The van der Waals surface area contributed by atoms with Crippen LogP contribution in [0.15, 0.2) is 22.8 Å². The fraction of sp³-hybridized carbons (Fsp3) is 0.200. The quantitative estimate of drug-likeness (QED) is 0.633. The highest BCUT2D eigenvalue weighted by molar-refractivity contribution is 9.10. The Morgan fingerprint density at radius 1 is 1.62 bits per heavy atom. The number of halogens is 2. The molecule has 16 heavy (non-hydrogen) atoms. The first-order valence-corrected chi connectivity index (χ1v) is 5.80. The minimum Gasteiger partial charge on any atom is -0.461 e. The lowest BCUT2D eigenvalue weighted by atomic mass is 10.5. The third-order valence-electron chi connectivity index (χ3n) is 2.00. The molecule has 0 saturated heterocycles. The van der Waals surface area contributed by atoms with Crippen LogP contribution < -0.4 is 0 Å². The Kier molecular flexibility index (Phi) is 3.16. The highest BCUT2D eigenvalue weighted by Crippen LogP contribution is 2.22. The summed E-state index contributed by atoms with van der Waals surface area (Å²) in [6.07, 6.45) is 1.56. The summed E-state index contributed by atoms with van der Waals surface area (Å²) in [6.45, 7) is 2.07. The van der Waals surface area contributed by atoms with Crippen molar-refractivity contribution in [3.8, 4) is 0 Å². The van der Waals surface area contributed by atoms with E-state index in [2.05, 4.69) is 20.9 Å². The molecule has 6 heteroatoms. The normalized spacial score (nSPS) is 10.7. The van der Waals surface area contributed by atoms with Gasteiger partial charge in [0.2, 0.25) is 0 Å². The van der Waals surface area contributed by atoms with Gasteiger partial charge in [0.1, 0.15) is 5.15 Å². The lowest BCUT2D eigenvalue weighted by Gasteiger charge is -1.97. The number of aromatic nitrogens is 2. The lowest BCUT2D eigenvalue weighted by molar-refractivity contribution is 0.0520. The molecule has 0 amide bonds. The second-order valence-electron chi connectivity index (χ2n) is 3.04. The molecule has 0 fully saturated rings. The second-order valence-corrected chi connectivity index (χ2v) is 4.29. The van der Waals surface area contributed by atoms with E-state index in [1.165, 1.54) is 0 Å². The molecule has 0 N–H and O–H groups in total. The van der Waals surface area contributed by atoms with Gasteiger partial charge in [-0.1, -0.05) is 11.6 Å². The molecule has 0 aliphatic heterocycles. The maximum atomic E-state index is 11.5. The van der Waals surface area contributed by atoms with Gasteiger partial charge in [0.25, 0.3) is 0 Å². The molecule has 0 unspecified atom stereocenters. The molecule has 0 saturated carbocycles. The number of esters is 1. The Hall–Kier alpha value is -1.07. The van der Waals surface area contributed by atoms with Crippen molar-refractivity contribution in [2.45, 2.75) is 6.92 Å². The Labute approximate surface area is 105 Å². The fourth-order valence-corrected chi connectivity index (χ4v) is 1.92.